The smallest absolute Gasteiger partial charge is 0.269 e. The highest BCUT2D eigenvalue weighted by Crippen LogP contribution is 2.12. The van der Waals surface area contributed by atoms with Gasteiger partial charge in [0.05, 0.1) is 4.92 Å². The lowest BCUT2D eigenvalue weighted by Crippen LogP contribution is -2.22. The van der Waals surface area contributed by atoms with Crippen LogP contribution >= 0.6 is 0 Å². The third-order valence-corrected chi connectivity index (χ3v) is 2.88. The van der Waals surface area contributed by atoms with E-state index in [4.69, 9.17) is 0 Å². The highest BCUT2D eigenvalue weighted by molar-refractivity contribution is 5.94. The maximum atomic E-state index is 12.0. The summed E-state index contributed by atoms with van der Waals surface area (Å²) in [6.07, 6.45) is 1.55. The fourth-order valence-corrected chi connectivity index (χ4v) is 1.73. The lowest BCUT2D eigenvalue weighted by molar-refractivity contribution is -0.384. The fourth-order valence-electron chi connectivity index (χ4n) is 1.73. The Hall–Kier alpha value is -2.96. The van der Waals surface area contributed by atoms with Crippen LogP contribution in [0.3, 0.4) is 0 Å². The van der Waals surface area contributed by atoms with Crippen LogP contribution in [0.4, 0.5) is 11.5 Å². The van der Waals surface area contributed by atoms with Crippen molar-refractivity contribution in [3.63, 3.8) is 0 Å². The van der Waals surface area contributed by atoms with Crippen LogP contribution in [0.15, 0.2) is 42.6 Å². The SMILES string of the molecule is CNc1cc(C(=O)NCc2ccc([N+](=O)[O-])cc2)ccn1. The second-order valence-electron chi connectivity index (χ2n) is 4.29. The minimum atomic E-state index is -0.460. The standard InChI is InChI=1S/C14H14N4O3/c1-15-13-8-11(6-7-16-13)14(19)17-9-10-2-4-12(5-3-10)18(20)21/h2-8H,9H2,1H3,(H,15,16)(H,17,19). The van der Waals surface area contributed by atoms with E-state index in [1.165, 1.54) is 12.1 Å². The number of carbonyl (C=O) groups is 1. The number of pyridine rings is 1. The van der Waals surface area contributed by atoms with Gasteiger partial charge in [-0.25, -0.2) is 4.98 Å². The molecule has 0 saturated heterocycles. The van der Waals surface area contributed by atoms with E-state index < -0.39 is 4.92 Å². The van der Waals surface area contributed by atoms with Gasteiger partial charge in [-0.05, 0) is 17.7 Å². The van der Waals surface area contributed by atoms with Gasteiger partial charge in [-0.15, -0.1) is 0 Å². The van der Waals surface area contributed by atoms with Crippen LogP contribution in [0.25, 0.3) is 0 Å². The fraction of sp³-hybridized carbons (Fsp3) is 0.143. The molecule has 7 heteroatoms. The quantitative estimate of drug-likeness (QED) is 0.647. The lowest BCUT2D eigenvalue weighted by Gasteiger charge is -2.06. The molecule has 0 saturated carbocycles. The number of nitrogens with zero attached hydrogens (tertiary/aromatic N) is 2. The zero-order valence-corrected chi connectivity index (χ0v) is 11.4. The molecule has 2 aromatic rings. The topological polar surface area (TPSA) is 97.2 Å². The number of benzene rings is 1. The first kappa shape index (κ1) is 14.4. The van der Waals surface area contributed by atoms with Gasteiger partial charge in [0.25, 0.3) is 11.6 Å². The Bertz CT molecular complexity index is 656. The molecule has 2 N–H and O–H groups in total. The molecule has 1 aromatic heterocycles. The van der Waals surface area contributed by atoms with Crippen LogP contribution in [0.2, 0.25) is 0 Å². The zero-order valence-electron chi connectivity index (χ0n) is 11.4. The summed E-state index contributed by atoms with van der Waals surface area (Å²) in [6, 6.07) is 9.31. The highest BCUT2D eigenvalue weighted by atomic mass is 16.6. The predicted molar refractivity (Wildman–Crippen MR) is 78.1 cm³/mol. The van der Waals surface area contributed by atoms with Gasteiger partial charge in [-0.1, -0.05) is 12.1 Å². The van der Waals surface area contributed by atoms with E-state index in [0.29, 0.717) is 17.9 Å². The molecule has 0 aliphatic heterocycles. The molecular formula is C14H14N4O3. The average Bonchev–Trinajstić information content (AvgIpc) is 2.53. The first-order chi connectivity index (χ1) is 10.1. The molecule has 108 valence electrons. The minimum Gasteiger partial charge on any atom is -0.373 e. The van der Waals surface area contributed by atoms with Crippen molar-refractivity contribution in [3.8, 4) is 0 Å². The first-order valence-corrected chi connectivity index (χ1v) is 6.25. The molecule has 0 spiro atoms. The number of hydrogen-bond acceptors (Lipinski definition) is 5. The van der Waals surface area contributed by atoms with E-state index in [1.54, 1.807) is 37.5 Å². The van der Waals surface area contributed by atoms with Gasteiger partial charge >= 0.3 is 0 Å². The molecule has 0 fully saturated rings. The van der Waals surface area contributed by atoms with Crippen LogP contribution < -0.4 is 10.6 Å². The third kappa shape index (κ3) is 3.75. The van der Waals surface area contributed by atoms with Crippen molar-refractivity contribution in [1.29, 1.82) is 0 Å². The molecule has 0 unspecified atom stereocenters. The van der Waals surface area contributed by atoms with Gasteiger partial charge in [-0.2, -0.15) is 0 Å². The van der Waals surface area contributed by atoms with Crippen LogP contribution in [-0.2, 0) is 6.54 Å². The van der Waals surface area contributed by atoms with Crippen molar-refractivity contribution in [3.05, 3.63) is 63.8 Å². The van der Waals surface area contributed by atoms with Crippen LogP contribution in [0, 0.1) is 10.1 Å². The Morgan fingerprint density at radius 1 is 1.29 bits per heavy atom. The van der Waals surface area contributed by atoms with E-state index >= 15 is 0 Å². The number of anilines is 1. The number of non-ortho nitro benzene ring substituents is 1. The van der Waals surface area contributed by atoms with Crippen LogP contribution in [0.1, 0.15) is 15.9 Å². The van der Waals surface area contributed by atoms with Crippen molar-refractivity contribution >= 4 is 17.4 Å². The Kier molecular flexibility index (Phi) is 4.45. The van der Waals surface area contributed by atoms with Crippen molar-refractivity contribution in [1.82, 2.24) is 10.3 Å². The molecule has 21 heavy (non-hydrogen) atoms. The van der Waals surface area contributed by atoms with E-state index in [0.717, 1.165) is 5.56 Å². The molecule has 1 heterocycles. The van der Waals surface area contributed by atoms with Gasteiger partial charge in [-0.3, -0.25) is 14.9 Å². The van der Waals surface area contributed by atoms with E-state index in [2.05, 4.69) is 15.6 Å². The summed E-state index contributed by atoms with van der Waals surface area (Å²) in [6.45, 7) is 0.300. The second kappa shape index (κ2) is 6.47. The normalized spacial score (nSPS) is 9.95. The molecule has 0 aliphatic carbocycles. The first-order valence-electron chi connectivity index (χ1n) is 6.25. The molecule has 0 radical (unpaired) electrons. The molecular weight excluding hydrogens is 272 g/mol. The number of amides is 1. The average molecular weight is 286 g/mol. The van der Waals surface area contributed by atoms with E-state index in [-0.39, 0.29) is 11.6 Å². The number of nitro groups is 1. The number of carbonyl (C=O) groups excluding carboxylic acids is 1. The Morgan fingerprint density at radius 3 is 2.62 bits per heavy atom. The van der Waals surface area contributed by atoms with Gasteiger partial charge in [0.15, 0.2) is 0 Å². The maximum Gasteiger partial charge on any atom is 0.269 e. The summed E-state index contributed by atoms with van der Waals surface area (Å²) < 4.78 is 0. The summed E-state index contributed by atoms with van der Waals surface area (Å²) in [5.74, 6) is 0.380. The molecule has 0 bridgehead atoms. The van der Waals surface area contributed by atoms with E-state index in [1.807, 2.05) is 0 Å². The van der Waals surface area contributed by atoms with Gasteiger partial charge < -0.3 is 10.6 Å². The van der Waals surface area contributed by atoms with Crippen molar-refractivity contribution in [2.45, 2.75) is 6.54 Å². The van der Waals surface area contributed by atoms with Crippen LogP contribution in [0.5, 0.6) is 0 Å². The Labute approximate surface area is 121 Å². The van der Waals surface area contributed by atoms with Gasteiger partial charge in [0.2, 0.25) is 0 Å². The molecule has 1 aromatic carbocycles. The zero-order chi connectivity index (χ0) is 15.2. The molecule has 0 aliphatic rings. The number of rotatable bonds is 5. The second-order valence-corrected chi connectivity index (χ2v) is 4.29. The van der Waals surface area contributed by atoms with Crippen LogP contribution in [-0.4, -0.2) is 22.9 Å². The summed E-state index contributed by atoms with van der Waals surface area (Å²) in [4.78, 5) is 26.1. The Balaban J connectivity index is 1.98. The highest BCUT2D eigenvalue weighted by Gasteiger charge is 2.07. The number of nitro benzene ring substituents is 1. The van der Waals surface area contributed by atoms with E-state index in [9.17, 15) is 14.9 Å². The largest absolute Gasteiger partial charge is 0.373 e. The summed E-state index contributed by atoms with van der Waals surface area (Å²) in [5, 5.41) is 16.2. The summed E-state index contributed by atoms with van der Waals surface area (Å²) in [5.41, 5.74) is 1.31. The van der Waals surface area contributed by atoms with Crippen molar-refractivity contribution < 1.29 is 9.72 Å². The van der Waals surface area contributed by atoms with Crippen molar-refractivity contribution in [2.75, 3.05) is 12.4 Å². The van der Waals surface area contributed by atoms with Gasteiger partial charge in [0.1, 0.15) is 5.82 Å². The monoisotopic (exact) mass is 286 g/mol. The lowest BCUT2D eigenvalue weighted by atomic mass is 10.2. The minimum absolute atomic E-state index is 0.0258. The maximum absolute atomic E-state index is 12.0. The molecule has 1 amide bonds. The summed E-state index contributed by atoms with van der Waals surface area (Å²) in [7, 11) is 1.72. The molecule has 0 atom stereocenters. The predicted octanol–water partition coefficient (Wildman–Crippen LogP) is 1.96. The molecule has 7 nitrogen and oxygen atoms in total. The van der Waals surface area contributed by atoms with Gasteiger partial charge in [0, 0.05) is 37.5 Å². The molecule has 2 rings (SSSR count). The number of hydrogen-bond donors (Lipinski definition) is 2. The van der Waals surface area contributed by atoms with Crippen molar-refractivity contribution in [2.24, 2.45) is 0 Å². The summed E-state index contributed by atoms with van der Waals surface area (Å²) >= 11 is 0. The number of aromatic nitrogens is 1. The third-order valence-electron chi connectivity index (χ3n) is 2.88. The number of nitrogens with one attached hydrogen (secondary N) is 2. The Morgan fingerprint density at radius 2 is 2.00 bits per heavy atom.